The summed E-state index contributed by atoms with van der Waals surface area (Å²) in [6, 6.07) is 21.4. The highest BCUT2D eigenvalue weighted by Crippen LogP contribution is 2.32. The Bertz CT molecular complexity index is 570. The van der Waals surface area contributed by atoms with Crippen LogP contribution in [-0.4, -0.2) is 37.1 Å². The van der Waals surface area contributed by atoms with Crippen molar-refractivity contribution in [3.63, 3.8) is 0 Å². The van der Waals surface area contributed by atoms with Crippen molar-refractivity contribution in [2.24, 2.45) is 0 Å². The van der Waals surface area contributed by atoms with Crippen LogP contribution in [0, 0.1) is 0 Å². The molecule has 1 saturated heterocycles. The van der Waals surface area contributed by atoms with E-state index in [9.17, 15) is 4.79 Å². The quantitative estimate of drug-likeness (QED) is 0.851. The molecule has 0 unspecified atom stereocenters. The number of nitrogens with zero attached hydrogens (tertiary/aromatic N) is 1. The predicted octanol–water partition coefficient (Wildman–Crippen LogP) is 4.44. The normalized spacial score (nSPS) is 13.5. The smallest absolute Gasteiger partial charge is 0.314 e. The minimum absolute atomic E-state index is 0.111. The summed E-state index contributed by atoms with van der Waals surface area (Å²) >= 11 is 0. The van der Waals surface area contributed by atoms with Gasteiger partial charge in [-0.2, -0.15) is 0 Å². The van der Waals surface area contributed by atoms with Gasteiger partial charge < -0.3 is 10.6 Å². The van der Waals surface area contributed by atoms with Gasteiger partial charge in [0, 0.05) is 20.1 Å². The number of rotatable bonds is 4. The molecule has 1 aliphatic heterocycles. The maximum absolute atomic E-state index is 11.4. The Balaban J connectivity index is 0.000000791. The van der Waals surface area contributed by atoms with Crippen molar-refractivity contribution in [2.75, 3.05) is 20.1 Å². The lowest BCUT2D eigenvalue weighted by atomic mass is 9.93. The van der Waals surface area contributed by atoms with Crippen LogP contribution in [0.1, 0.15) is 44.9 Å². The van der Waals surface area contributed by atoms with Crippen LogP contribution in [0.15, 0.2) is 60.7 Å². The van der Waals surface area contributed by atoms with Gasteiger partial charge in [0.05, 0.1) is 12.1 Å². The number of benzene rings is 2. The van der Waals surface area contributed by atoms with Crippen molar-refractivity contribution in [2.45, 2.75) is 39.8 Å². The first kappa shape index (κ1) is 21.7. The van der Waals surface area contributed by atoms with E-state index in [4.69, 9.17) is 0 Å². The summed E-state index contributed by atoms with van der Waals surface area (Å²) in [6.07, 6.45) is 0. The SMILES string of the molecule is CC.CC.CNC(=O)NC1CN(C(c2ccccc2)c2ccccc2)C1. The zero-order chi connectivity index (χ0) is 19.4. The molecule has 0 atom stereocenters. The Morgan fingerprint density at radius 2 is 1.31 bits per heavy atom. The third-order valence-corrected chi connectivity index (χ3v) is 4.07. The first-order valence-electron chi connectivity index (χ1n) is 9.60. The molecule has 2 N–H and O–H groups in total. The fourth-order valence-corrected chi connectivity index (χ4v) is 2.96. The summed E-state index contributed by atoms with van der Waals surface area (Å²) in [5.41, 5.74) is 2.57. The molecule has 0 bridgehead atoms. The Hall–Kier alpha value is -2.33. The van der Waals surface area contributed by atoms with E-state index in [2.05, 4.69) is 64.1 Å². The summed E-state index contributed by atoms with van der Waals surface area (Å²) in [6.45, 7) is 9.73. The first-order valence-corrected chi connectivity index (χ1v) is 9.60. The Kier molecular flexibility index (Phi) is 10.1. The van der Waals surface area contributed by atoms with Gasteiger partial charge in [0.1, 0.15) is 0 Å². The monoisotopic (exact) mass is 355 g/mol. The highest BCUT2D eigenvalue weighted by Gasteiger charge is 2.34. The van der Waals surface area contributed by atoms with Gasteiger partial charge in [0.2, 0.25) is 0 Å². The standard InChI is InChI=1S/C18H21N3O.2C2H6/c1-19-18(22)20-16-12-21(13-16)17(14-8-4-2-5-9-14)15-10-6-3-7-11-15;2*1-2/h2-11,16-17H,12-13H2,1H3,(H2,19,20,22);2*1-2H3. The average Bonchev–Trinajstić information content (AvgIpc) is 2.70. The first-order chi connectivity index (χ1) is 12.8. The number of hydrogen-bond acceptors (Lipinski definition) is 2. The molecule has 0 spiro atoms. The Morgan fingerprint density at radius 1 is 0.885 bits per heavy atom. The molecule has 0 aliphatic carbocycles. The number of amides is 2. The number of likely N-dealkylation sites (tertiary alicyclic amines) is 1. The molecule has 2 aromatic carbocycles. The van der Waals surface area contributed by atoms with Crippen molar-refractivity contribution < 1.29 is 4.79 Å². The van der Waals surface area contributed by atoms with Gasteiger partial charge >= 0.3 is 6.03 Å². The van der Waals surface area contributed by atoms with Crippen molar-refractivity contribution >= 4 is 6.03 Å². The van der Waals surface area contributed by atoms with E-state index < -0.39 is 0 Å². The van der Waals surface area contributed by atoms with E-state index in [1.54, 1.807) is 7.05 Å². The van der Waals surface area contributed by atoms with Crippen LogP contribution in [0.5, 0.6) is 0 Å². The molecule has 0 aromatic heterocycles. The van der Waals surface area contributed by atoms with Gasteiger partial charge in [-0.15, -0.1) is 0 Å². The number of hydrogen-bond donors (Lipinski definition) is 2. The molecule has 4 heteroatoms. The maximum atomic E-state index is 11.4. The largest absolute Gasteiger partial charge is 0.341 e. The van der Waals surface area contributed by atoms with Gasteiger partial charge in [-0.25, -0.2) is 4.79 Å². The van der Waals surface area contributed by atoms with E-state index in [1.165, 1.54) is 11.1 Å². The van der Waals surface area contributed by atoms with E-state index in [-0.39, 0.29) is 18.1 Å². The summed E-state index contributed by atoms with van der Waals surface area (Å²) in [5, 5.41) is 5.57. The van der Waals surface area contributed by atoms with Crippen LogP contribution in [0.25, 0.3) is 0 Å². The predicted molar refractivity (Wildman–Crippen MR) is 110 cm³/mol. The van der Waals surface area contributed by atoms with E-state index in [0.29, 0.717) is 0 Å². The van der Waals surface area contributed by atoms with Crippen molar-refractivity contribution in [3.8, 4) is 0 Å². The molecule has 2 amide bonds. The second kappa shape index (κ2) is 12.1. The summed E-state index contributed by atoms with van der Waals surface area (Å²) in [4.78, 5) is 13.8. The zero-order valence-corrected chi connectivity index (χ0v) is 16.7. The minimum atomic E-state index is -0.111. The third kappa shape index (κ3) is 5.88. The fraction of sp³-hybridized carbons (Fsp3) is 0.409. The number of nitrogens with one attached hydrogen (secondary N) is 2. The fourth-order valence-electron chi connectivity index (χ4n) is 2.96. The van der Waals surface area contributed by atoms with Gasteiger partial charge in [-0.3, -0.25) is 4.90 Å². The lowest BCUT2D eigenvalue weighted by Crippen LogP contribution is -2.61. The summed E-state index contributed by atoms with van der Waals surface area (Å²) in [5.74, 6) is 0. The molecule has 2 aromatic rings. The van der Waals surface area contributed by atoms with Crippen LogP contribution in [-0.2, 0) is 0 Å². The lowest BCUT2D eigenvalue weighted by Gasteiger charge is -2.44. The van der Waals surface area contributed by atoms with E-state index in [0.717, 1.165) is 13.1 Å². The molecule has 0 radical (unpaired) electrons. The van der Waals surface area contributed by atoms with E-state index >= 15 is 0 Å². The van der Waals surface area contributed by atoms with Crippen LogP contribution < -0.4 is 10.6 Å². The van der Waals surface area contributed by atoms with Crippen molar-refractivity contribution in [1.82, 2.24) is 15.5 Å². The second-order valence-electron chi connectivity index (χ2n) is 5.60. The Morgan fingerprint density at radius 3 is 1.69 bits per heavy atom. The Labute approximate surface area is 158 Å². The third-order valence-electron chi connectivity index (χ3n) is 4.07. The van der Waals surface area contributed by atoms with Gasteiger partial charge in [0.25, 0.3) is 0 Å². The molecule has 0 saturated carbocycles. The topological polar surface area (TPSA) is 44.4 Å². The molecular formula is C22H33N3O. The van der Waals surface area contributed by atoms with Gasteiger partial charge in [-0.1, -0.05) is 88.4 Å². The highest BCUT2D eigenvalue weighted by molar-refractivity contribution is 5.74. The molecule has 26 heavy (non-hydrogen) atoms. The summed E-state index contributed by atoms with van der Waals surface area (Å²) in [7, 11) is 1.64. The summed E-state index contributed by atoms with van der Waals surface area (Å²) < 4.78 is 0. The zero-order valence-electron chi connectivity index (χ0n) is 16.7. The number of carbonyl (C=O) groups excluding carboxylic acids is 1. The van der Waals surface area contributed by atoms with Gasteiger partial charge in [0.15, 0.2) is 0 Å². The molecule has 4 nitrogen and oxygen atoms in total. The van der Waals surface area contributed by atoms with Crippen molar-refractivity contribution in [1.29, 1.82) is 0 Å². The lowest BCUT2D eigenvalue weighted by molar-refractivity contribution is 0.0974. The molecule has 1 aliphatic rings. The average molecular weight is 356 g/mol. The minimum Gasteiger partial charge on any atom is -0.341 e. The van der Waals surface area contributed by atoms with Crippen LogP contribution in [0.3, 0.4) is 0 Å². The highest BCUT2D eigenvalue weighted by atomic mass is 16.2. The van der Waals surface area contributed by atoms with E-state index in [1.807, 2.05) is 39.8 Å². The van der Waals surface area contributed by atoms with Crippen LogP contribution in [0.4, 0.5) is 4.79 Å². The van der Waals surface area contributed by atoms with Crippen LogP contribution in [0.2, 0.25) is 0 Å². The molecular weight excluding hydrogens is 322 g/mol. The number of carbonyl (C=O) groups is 1. The van der Waals surface area contributed by atoms with Crippen LogP contribution >= 0.6 is 0 Å². The maximum Gasteiger partial charge on any atom is 0.314 e. The second-order valence-corrected chi connectivity index (χ2v) is 5.60. The van der Waals surface area contributed by atoms with Gasteiger partial charge in [-0.05, 0) is 11.1 Å². The molecule has 3 rings (SSSR count). The molecule has 142 valence electrons. The molecule has 1 fully saturated rings. The number of urea groups is 1. The van der Waals surface area contributed by atoms with Crippen molar-refractivity contribution in [3.05, 3.63) is 71.8 Å². The molecule has 1 heterocycles.